The van der Waals surface area contributed by atoms with E-state index in [4.69, 9.17) is 14.2 Å². The van der Waals surface area contributed by atoms with Gasteiger partial charge in [0.1, 0.15) is 18.1 Å². The van der Waals surface area contributed by atoms with Gasteiger partial charge in [-0.1, -0.05) is 24.8 Å². The first-order valence-corrected chi connectivity index (χ1v) is 11.8. The van der Waals surface area contributed by atoms with Crippen LogP contribution in [0.3, 0.4) is 0 Å². The van der Waals surface area contributed by atoms with Crippen LogP contribution in [0.25, 0.3) is 5.76 Å². The maximum atomic E-state index is 13.3. The van der Waals surface area contributed by atoms with Gasteiger partial charge in [-0.3, -0.25) is 14.6 Å². The smallest absolute Gasteiger partial charge is 0.295 e. The zero-order valence-corrected chi connectivity index (χ0v) is 20.7. The maximum absolute atomic E-state index is 13.3. The minimum Gasteiger partial charge on any atom is -0.507 e. The number of Topliss-reactive ketones (excluding diaryl/α,β-unsaturated/α-hetero) is 1. The lowest BCUT2D eigenvalue weighted by atomic mass is 9.94. The van der Waals surface area contributed by atoms with Crippen molar-refractivity contribution in [1.29, 1.82) is 0 Å². The molecule has 1 saturated heterocycles. The zero-order valence-electron chi connectivity index (χ0n) is 20.7. The van der Waals surface area contributed by atoms with Crippen molar-refractivity contribution >= 4 is 17.4 Å². The second-order valence-corrected chi connectivity index (χ2v) is 8.26. The number of likely N-dealkylation sites (tertiary alicyclic amines) is 1. The first-order valence-electron chi connectivity index (χ1n) is 11.8. The lowest BCUT2D eigenvalue weighted by Gasteiger charge is -2.26. The number of carbonyl (C=O) groups excluding carboxylic acids is 2. The number of ether oxygens (including phenoxy) is 3. The number of pyridine rings is 1. The van der Waals surface area contributed by atoms with Crippen LogP contribution in [0.5, 0.6) is 17.2 Å². The number of ketones is 1. The minimum atomic E-state index is -0.860. The van der Waals surface area contributed by atoms with Crippen molar-refractivity contribution < 1.29 is 28.9 Å². The largest absolute Gasteiger partial charge is 0.507 e. The molecule has 0 bridgehead atoms. The molecule has 37 heavy (non-hydrogen) atoms. The molecule has 3 aromatic rings. The standard InChI is InChI=1S/C29H28N2O6/c1-4-15-37-22-11-8-20(9-12-22)27(32)25-26(21-10-13-23(36-5-2)24(16-21)35-3)31(29(34)28(25)33)18-19-7-6-14-30-17-19/h4,6-14,16-17,26,32H,1,5,15,18H2,2-3H3/t26-/m0/s1. The molecule has 8 nitrogen and oxygen atoms in total. The molecule has 0 saturated carbocycles. The number of hydrogen-bond acceptors (Lipinski definition) is 7. The number of aromatic nitrogens is 1. The van der Waals surface area contributed by atoms with Gasteiger partial charge in [-0.2, -0.15) is 0 Å². The number of hydrogen-bond donors (Lipinski definition) is 1. The summed E-state index contributed by atoms with van der Waals surface area (Å²) in [6.45, 7) is 6.40. The molecule has 2 aromatic carbocycles. The van der Waals surface area contributed by atoms with Crippen LogP contribution >= 0.6 is 0 Å². The van der Waals surface area contributed by atoms with Crippen LogP contribution in [0.2, 0.25) is 0 Å². The Bertz CT molecular complexity index is 1320. The van der Waals surface area contributed by atoms with Gasteiger partial charge in [0.05, 0.1) is 25.3 Å². The number of methoxy groups -OCH3 is 1. The minimum absolute atomic E-state index is 0.0140. The van der Waals surface area contributed by atoms with Crippen LogP contribution < -0.4 is 14.2 Å². The molecular weight excluding hydrogens is 472 g/mol. The molecule has 0 aliphatic carbocycles. The number of rotatable bonds is 10. The summed E-state index contributed by atoms with van der Waals surface area (Å²) < 4.78 is 16.6. The van der Waals surface area contributed by atoms with E-state index in [1.807, 2.05) is 13.0 Å². The van der Waals surface area contributed by atoms with Crippen LogP contribution in [0, 0.1) is 0 Å². The summed E-state index contributed by atoms with van der Waals surface area (Å²) in [4.78, 5) is 32.1. The highest BCUT2D eigenvalue weighted by atomic mass is 16.5. The number of carbonyl (C=O) groups is 2. The fraction of sp³-hybridized carbons (Fsp3) is 0.207. The average molecular weight is 501 g/mol. The van der Waals surface area contributed by atoms with Gasteiger partial charge in [0.15, 0.2) is 11.5 Å². The van der Waals surface area contributed by atoms with E-state index >= 15 is 0 Å². The molecule has 190 valence electrons. The molecule has 1 fully saturated rings. The quantitative estimate of drug-likeness (QED) is 0.187. The van der Waals surface area contributed by atoms with E-state index in [2.05, 4.69) is 11.6 Å². The normalized spacial score (nSPS) is 16.5. The Morgan fingerprint density at radius 2 is 1.89 bits per heavy atom. The van der Waals surface area contributed by atoms with Gasteiger partial charge >= 0.3 is 0 Å². The second-order valence-electron chi connectivity index (χ2n) is 8.26. The number of benzene rings is 2. The Morgan fingerprint density at radius 3 is 2.54 bits per heavy atom. The van der Waals surface area contributed by atoms with Crippen molar-refractivity contribution in [3.05, 3.63) is 102 Å². The fourth-order valence-corrected chi connectivity index (χ4v) is 4.23. The lowest BCUT2D eigenvalue weighted by Crippen LogP contribution is -2.29. The topological polar surface area (TPSA) is 98.2 Å². The zero-order chi connectivity index (χ0) is 26.4. The van der Waals surface area contributed by atoms with E-state index in [0.29, 0.717) is 41.6 Å². The second kappa shape index (κ2) is 11.4. The highest BCUT2D eigenvalue weighted by molar-refractivity contribution is 6.46. The van der Waals surface area contributed by atoms with Crippen molar-refractivity contribution in [3.63, 3.8) is 0 Å². The average Bonchev–Trinajstić information content (AvgIpc) is 3.17. The van der Waals surface area contributed by atoms with Gasteiger partial charge in [-0.05, 0) is 60.5 Å². The molecule has 1 aromatic heterocycles. The maximum Gasteiger partial charge on any atom is 0.295 e. The van der Waals surface area contributed by atoms with Crippen LogP contribution in [0.4, 0.5) is 0 Å². The van der Waals surface area contributed by atoms with Crippen LogP contribution in [0.15, 0.2) is 85.2 Å². The Balaban J connectivity index is 1.82. The third-order valence-corrected chi connectivity index (χ3v) is 5.91. The van der Waals surface area contributed by atoms with Crippen LogP contribution in [-0.2, 0) is 16.1 Å². The molecule has 8 heteroatoms. The summed E-state index contributed by atoms with van der Waals surface area (Å²) >= 11 is 0. The van der Waals surface area contributed by atoms with Crippen molar-refractivity contribution in [2.45, 2.75) is 19.5 Å². The van der Waals surface area contributed by atoms with E-state index in [-0.39, 0.29) is 17.9 Å². The molecule has 1 N–H and O–H groups in total. The highest BCUT2D eigenvalue weighted by Gasteiger charge is 2.46. The number of nitrogens with zero attached hydrogens (tertiary/aromatic N) is 2. The molecular formula is C29H28N2O6. The molecule has 1 aliphatic heterocycles. The molecule has 4 rings (SSSR count). The summed E-state index contributed by atoms with van der Waals surface area (Å²) in [6, 6.07) is 14.6. The third-order valence-electron chi connectivity index (χ3n) is 5.91. The Hall–Kier alpha value is -4.59. The van der Waals surface area contributed by atoms with Gasteiger partial charge in [0.25, 0.3) is 11.7 Å². The Labute approximate surface area is 215 Å². The predicted octanol–water partition coefficient (Wildman–Crippen LogP) is 4.68. The number of aliphatic hydroxyl groups is 1. The molecule has 0 unspecified atom stereocenters. The van der Waals surface area contributed by atoms with Gasteiger partial charge in [0.2, 0.25) is 0 Å². The molecule has 0 spiro atoms. The van der Waals surface area contributed by atoms with E-state index in [0.717, 1.165) is 5.56 Å². The fourth-order valence-electron chi connectivity index (χ4n) is 4.23. The van der Waals surface area contributed by atoms with E-state index < -0.39 is 17.7 Å². The van der Waals surface area contributed by atoms with Crippen molar-refractivity contribution in [1.82, 2.24) is 9.88 Å². The van der Waals surface area contributed by atoms with Crippen LogP contribution in [-0.4, -0.2) is 47.0 Å². The number of aliphatic hydroxyl groups excluding tert-OH is 1. The molecule has 1 atom stereocenters. The van der Waals surface area contributed by atoms with Gasteiger partial charge in [0, 0.05) is 24.5 Å². The molecule has 2 heterocycles. The Kier molecular flexibility index (Phi) is 7.88. The van der Waals surface area contributed by atoms with Crippen molar-refractivity contribution in [3.8, 4) is 17.2 Å². The number of amides is 1. The summed E-state index contributed by atoms with van der Waals surface area (Å²) in [6.07, 6.45) is 4.90. The van der Waals surface area contributed by atoms with E-state index in [1.165, 1.54) is 12.0 Å². The Morgan fingerprint density at radius 1 is 1.11 bits per heavy atom. The predicted molar refractivity (Wildman–Crippen MR) is 138 cm³/mol. The van der Waals surface area contributed by atoms with E-state index in [9.17, 15) is 14.7 Å². The lowest BCUT2D eigenvalue weighted by molar-refractivity contribution is -0.140. The first kappa shape index (κ1) is 25.5. The first-order chi connectivity index (χ1) is 18.0. The third kappa shape index (κ3) is 5.33. The molecule has 0 radical (unpaired) electrons. The van der Waals surface area contributed by atoms with Gasteiger partial charge < -0.3 is 24.2 Å². The molecule has 1 aliphatic rings. The molecule has 1 amide bonds. The van der Waals surface area contributed by atoms with E-state index in [1.54, 1.807) is 67.0 Å². The summed E-state index contributed by atoms with van der Waals surface area (Å²) in [5, 5.41) is 11.3. The van der Waals surface area contributed by atoms with Crippen molar-refractivity contribution in [2.24, 2.45) is 0 Å². The summed E-state index contributed by atoms with van der Waals surface area (Å²) in [7, 11) is 1.52. The monoisotopic (exact) mass is 500 g/mol. The van der Waals surface area contributed by atoms with Gasteiger partial charge in [-0.25, -0.2) is 0 Å². The summed E-state index contributed by atoms with van der Waals surface area (Å²) in [5.41, 5.74) is 1.71. The SMILES string of the molecule is C=CCOc1ccc(C(O)=C2C(=O)C(=O)N(Cc3cccnc3)[C@H]2c2ccc(OCC)c(OC)c2)cc1. The van der Waals surface area contributed by atoms with Crippen molar-refractivity contribution in [2.75, 3.05) is 20.3 Å². The van der Waals surface area contributed by atoms with Crippen LogP contribution in [0.1, 0.15) is 29.7 Å². The highest BCUT2D eigenvalue weighted by Crippen LogP contribution is 2.42. The van der Waals surface area contributed by atoms with Gasteiger partial charge in [-0.15, -0.1) is 0 Å². The summed E-state index contributed by atoms with van der Waals surface area (Å²) in [5.74, 6) is -0.190.